The van der Waals surface area contributed by atoms with Crippen molar-refractivity contribution in [3.8, 4) is 5.75 Å². The molecule has 0 radical (unpaired) electrons. The van der Waals surface area contributed by atoms with Gasteiger partial charge in [-0.1, -0.05) is 0 Å². The molecule has 4 bridgehead atoms. The average Bonchev–Trinajstić information content (AvgIpc) is 2.39. The van der Waals surface area contributed by atoms with Crippen LogP contribution >= 0.6 is 0 Å². The third kappa shape index (κ3) is 2.25. The van der Waals surface area contributed by atoms with Gasteiger partial charge in [-0.15, -0.1) is 0 Å². The van der Waals surface area contributed by atoms with Gasteiger partial charge in [-0.25, -0.2) is 0 Å². The molecular formula is C17H21F3N2O. The Labute approximate surface area is 133 Å². The molecule has 2 unspecified atom stereocenters. The van der Waals surface area contributed by atoms with Crippen molar-refractivity contribution in [2.24, 2.45) is 17.3 Å². The molecule has 5 rings (SSSR count). The lowest BCUT2D eigenvalue weighted by Gasteiger charge is -2.61. The zero-order valence-electron chi connectivity index (χ0n) is 12.8. The summed E-state index contributed by atoms with van der Waals surface area (Å²) in [7, 11) is 0. The van der Waals surface area contributed by atoms with E-state index in [0.717, 1.165) is 6.42 Å². The maximum absolute atomic E-state index is 13.7. The van der Waals surface area contributed by atoms with Crippen LogP contribution in [0.5, 0.6) is 5.75 Å². The second kappa shape index (κ2) is 4.48. The van der Waals surface area contributed by atoms with Gasteiger partial charge in [0.1, 0.15) is 11.4 Å². The minimum absolute atomic E-state index is 0.0559. The summed E-state index contributed by atoms with van der Waals surface area (Å²) < 4.78 is 47.4. The number of anilines is 2. The zero-order valence-corrected chi connectivity index (χ0v) is 12.8. The molecule has 23 heavy (non-hydrogen) atoms. The molecule has 0 spiro atoms. The maximum Gasteiger partial charge on any atom is 0.394 e. The quantitative estimate of drug-likeness (QED) is 0.803. The molecule has 0 aromatic heterocycles. The minimum Gasteiger partial charge on any atom is -0.485 e. The fourth-order valence-electron chi connectivity index (χ4n) is 5.52. The summed E-state index contributed by atoms with van der Waals surface area (Å²) in [5, 5.41) is 0. The summed E-state index contributed by atoms with van der Waals surface area (Å²) in [5.41, 5.74) is 10.2. The van der Waals surface area contributed by atoms with Crippen LogP contribution in [-0.4, -0.2) is 11.8 Å². The molecule has 4 aliphatic rings. The number of nitrogen functional groups attached to an aromatic ring is 2. The van der Waals surface area contributed by atoms with E-state index < -0.39 is 17.2 Å². The maximum atomic E-state index is 13.7. The lowest BCUT2D eigenvalue weighted by molar-refractivity contribution is -0.293. The van der Waals surface area contributed by atoms with Gasteiger partial charge >= 0.3 is 6.18 Å². The Balaban J connectivity index is 1.68. The standard InChI is InChI=1S/C17H21F3N2O/c18-17(19,20)15-5-10-3-11(6-15)8-16(7-10,9-15)23-14-2-1-12(21)4-13(14)22/h1-2,4,10-11H,3,5-9,21-22H2. The second-order valence-electron chi connectivity index (χ2n) is 7.82. The first-order chi connectivity index (χ1) is 10.7. The first-order valence-corrected chi connectivity index (χ1v) is 8.11. The number of hydrogen-bond acceptors (Lipinski definition) is 3. The number of nitrogens with two attached hydrogens (primary N) is 2. The van der Waals surface area contributed by atoms with E-state index in [-0.39, 0.29) is 31.1 Å². The van der Waals surface area contributed by atoms with Crippen LogP contribution in [0.15, 0.2) is 18.2 Å². The molecule has 0 heterocycles. The molecule has 1 aromatic rings. The van der Waals surface area contributed by atoms with Gasteiger partial charge in [0.15, 0.2) is 0 Å². The highest BCUT2D eigenvalue weighted by Crippen LogP contribution is 2.67. The van der Waals surface area contributed by atoms with Crippen LogP contribution in [0.1, 0.15) is 38.5 Å². The Morgan fingerprint density at radius 1 is 1.04 bits per heavy atom. The predicted molar refractivity (Wildman–Crippen MR) is 81.8 cm³/mol. The van der Waals surface area contributed by atoms with Crippen molar-refractivity contribution in [3.05, 3.63) is 18.2 Å². The van der Waals surface area contributed by atoms with Gasteiger partial charge in [-0.05, 0) is 62.1 Å². The number of hydrogen-bond donors (Lipinski definition) is 2. The van der Waals surface area contributed by atoms with Crippen LogP contribution in [-0.2, 0) is 0 Å². The van der Waals surface area contributed by atoms with Gasteiger partial charge in [0.2, 0.25) is 0 Å². The summed E-state index contributed by atoms with van der Waals surface area (Å²) in [6, 6.07) is 4.94. The van der Waals surface area contributed by atoms with E-state index in [1.165, 1.54) is 0 Å². The molecule has 4 fully saturated rings. The van der Waals surface area contributed by atoms with Crippen molar-refractivity contribution in [3.63, 3.8) is 0 Å². The monoisotopic (exact) mass is 326 g/mol. The van der Waals surface area contributed by atoms with Crippen LogP contribution < -0.4 is 16.2 Å². The molecule has 3 nitrogen and oxygen atoms in total. The third-order valence-corrected chi connectivity index (χ3v) is 5.97. The van der Waals surface area contributed by atoms with Crippen LogP contribution in [0.3, 0.4) is 0 Å². The van der Waals surface area contributed by atoms with Crippen LogP contribution in [0.25, 0.3) is 0 Å². The van der Waals surface area contributed by atoms with E-state index in [1.54, 1.807) is 18.2 Å². The van der Waals surface area contributed by atoms with Crippen LogP contribution in [0.2, 0.25) is 0 Å². The summed E-state index contributed by atoms with van der Waals surface area (Å²) in [6.45, 7) is 0. The summed E-state index contributed by atoms with van der Waals surface area (Å²) in [5.74, 6) is 0.666. The largest absolute Gasteiger partial charge is 0.485 e. The van der Waals surface area contributed by atoms with Crippen LogP contribution in [0, 0.1) is 17.3 Å². The number of alkyl halides is 3. The van der Waals surface area contributed by atoms with E-state index in [1.807, 2.05) is 0 Å². The van der Waals surface area contributed by atoms with Crippen molar-refractivity contribution >= 4 is 11.4 Å². The van der Waals surface area contributed by atoms with Crippen molar-refractivity contribution in [1.82, 2.24) is 0 Å². The summed E-state index contributed by atoms with van der Waals surface area (Å²) in [6.07, 6.45) is -1.28. The van der Waals surface area contributed by atoms with Crippen LogP contribution in [0.4, 0.5) is 24.5 Å². The third-order valence-electron chi connectivity index (χ3n) is 5.97. The van der Waals surface area contributed by atoms with Crippen molar-refractivity contribution in [2.75, 3.05) is 11.5 Å². The molecule has 0 saturated heterocycles. The molecule has 4 saturated carbocycles. The highest BCUT2D eigenvalue weighted by atomic mass is 19.4. The Kier molecular flexibility index (Phi) is 2.92. The molecule has 2 atom stereocenters. The number of rotatable bonds is 2. The van der Waals surface area contributed by atoms with Gasteiger partial charge in [-0.3, -0.25) is 0 Å². The summed E-state index contributed by atoms with van der Waals surface area (Å²) in [4.78, 5) is 0. The Morgan fingerprint density at radius 2 is 1.70 bits per heavy atom. The average molecular weight is 326 g/mol. The molecular weight excluding hydrogens is 305 g/mol. The van der Waals surface area contributed by atoms with Crippen molar-refractivity contribution in [1.29, 1.82) is 0 Å². The topological polar surface area (TPSA) is 61.3 Å². The van der Waals surface area contributed by atoms with Gasteiger partial charge < -0.3 is 16.2 Å². The molecule has 0 aliphatic heterocycles. The Bertz CT molecular complexity index is 629. The normalized spacial score (nSPS) is 38.7. The van der Waals surface area contributed by atoms with Gasteiger partial charge in [-0.2, -0.15) is 13.2 Å². The predicted octanol–water partition coefficient (Wildman–Crippen LogP) is 4.13. The highest BCUT2D eigenvalue weighted by Gasteiger charge is 2.68. The fourth-order valence-corrected chi connectivity index (χ4v) is 5.52. The molecule has 1 aromatic carbocycles. The number of halogens is 3. The molecule has 4 aliphatic carbocycles. The summed E-state index contributed by atoms with van der Waals surface area (Å²) >= 11 is 0. The smallest absolute Gasteiger partial charge is 0.394 e. The highest BCUT2D eigenvalue weighted by molar-refractivity contribution is 5.60. The first-order valence-electron chi connectivity index (χ1n) is 8.11. The van der Waals surface area contributed by atoms with Crippen molar-refractivity contribution < 1.29 is 17.9 Å². The SMILES string of the molecule is Nc1ccc(OC23CC4CC(C2)CC(C(F)(F)F)(C4)C3)c(N)c1. The van der Waals surface area contributed by atoms with Gasteiger partial charge in [0.25, 0.3) is 0 Å². The Morgan fingerprint density at radius 3 is 2.26 bits per heavy atom. The van der Waals surface area contributed by atoms with E-state index in [4.69, 9.17) is 16.2 Å². The fraction of sp³-hybridized carbons (Fsp3) is 0.647. The lowest BCUT2D eigenvalue weighted by Crippen LogP contribution is -2.62. The van der Waals surface area contributed by atoms with Gasteiger partial charge in [0.05, 0.1) is 11.1 Å². The lowest BCUT2D eigenvalue weighted by atomic mass is 9.47. The Hall–Kier alpha value is -1.59. The van der Waals surface area contributed by atoms with Gasteiger partial charge in [0, 0.05) is 12.1 Å². The first kappa shape index (κ1) is 15.0. The number of benzene rings is 1. The molecule has 126 valence electrons. The zero-order chi connectivity index (χ0) is 16.5. The molecule has 4 N–H and O–H groups in total. The van der Waals surface area contributed by atoms with E-state index in [9.17, 15) is 13.2 Å². The van der Waals surface area contributed by atoms with E-state index >= 15 is 0 Å². The number of ether oxygens (including phenoxy) is 1. The second-order valence-corrected chi connectivity index (χ2v) is 7.82. The molecule has 6 heteroatoms. The van der Waals surface area contributed by atoms with E-state index in [2.05, 4.69) is 0 Å². The molecule has 0 amide bonds. The van der Waals surface area contributed by atoms with Crippen molar-refractivity contribution in [2.45, 2.75) is 50.3 Å². The minimum atomic E-state index is -4.16. The van der Waals surface area contributed by atoms with E-state index in [0.29, 0.717) is 30.0 Å².